The number of carbonyl (C=O) groups is 3. The van der Waals surface area contributed by atoms with Gasteiger partial charge in [-0.25, -0.2) is 26.7 Å². The smallest absolute Gasteiger partial charge is 0.341 e. The summed E-state index contributed by atoms with van der Waals surface area (Å²) in [6, 6.07) is 19.4. The number of hydrazone groups is 1. The fourth-order valence-electron chi connectivity index (χ4n) is 6.67. The van der Waals surface area contributed by atoms with Crippen molar-refractivity contribution >= 4 is 64.4 Å². The highest BCUT2D eigenvalue weighted by Gasteiger charge is 2.50. The van der Waals surface area contributed by atoms with Gasteiger partial charge in [-0.15, -0.1) is 0 Å². The van der Waals surface area contributed by atoms with E-state index in [1.807, 2.05) is 30.3 Å². The molecule has 4 amide bonds. The summed E-state index contributed by atoms with van der Waals surface area (Å²) in [7, 11) is 1.56. The summed E-state index contributed by atoms with van der Waals surface area (Å²) in [5, 5.41) is 8.67. The second kappa shape index (κ2) is 18.5. The fourth-order valence-corrected chi connectivity index (χ4v) is 9.04. The monoisotopic (exact) mass is 859 g/mol. The Bertz CT molecular complexity index is 2170. The van der Waals surface area contributed by atoms with Crippen molar-refractivity contribution in [3.05, 3.63) is 130 Å². The Labute approximate surface area is 345 Å². The van der Waals surface area contributed by atoms with Crippen LogP contribution in [0.3, 0.4) is 0 Å². The Hall–Kier alpha value is -4.68. The van der Waals surface area contributed by atoms with Gasteiger partial charge in [-0.05, 0) is 79.4 Å². The highest BCUT2D eigenvalue weighted by atomic mass is 35.5. The summed E-state index contributed by atoms with van der Waals surface area (Å²) in [6.07, 6.45) is 0.0824. The van der Waals surface area contributed by atoms with E-state index in [9.17, 15) is 27.6 Å². The molecule has 18 heteroatoms. The summed E-state index contributed by atoms with van der Waals surface area (Å²) in [6.45, 7) is 0.593. The SMILES string of the molecule is CN(CCNSc1cc(F)cc(N(C=O)C(C(=O)NC2CC(F)(F)C2)c2ccccc2Cl)c1)C(=O)N1N=C(c2cc(F)ccc2F)SC1(CCCN)c1ccccc1. The normalized spacial score (nSPS) is 17.9. The fraction of sp³-hybridized carbons (Fsp3) is 0.300. The molecule has 0 bridgehead atoms. The van der Waals surface area contributed by atoms with Crippen molar-refractivity contribution in [1.29, 1.82) is 0 Å². The number of carbonyl (C=O) groups excluding carboxylic acids is 3. The van der Waals surface area contributed by atoms with E-state index < -0.39 is 65.1 Å². The third kappa shape index (κ3) is 9.60. The van der Waals surface area contributed by atoms with Crippen LogP contribution in [-0.2, 0) is 14.5 Å². The molecule has 4 aromatic rings. The number of nitrogens with one attached hydrogen (secondary N) is 2. The van der Waals surface area contributed by atoms with Gasteiger partial charge in [0.05, 0.1) is 0 Å². The molecule has 0 spiro atoms. The zero-order valence-electron chi connectivity index (χ0n) is 31.0. The first kappa shape index (κ1) is 42.9. The number of nitrogens with zero attached hydrogens (tertiary/aromatic N) is 4. The van der Waals surface area contributed by atoms with Crippen LogP contribution < -0.4 is 20.7 Å². The first-order valence-electron chi connectivity index (χ1n) is 18.2. The Kier molecular flexibility index (Phi) is 13.7. The number of benzene rings is 4. The predicted octanol–water partition coefficient (Wildman–Crippen LogP) is 8.03. The van der Waals surface area contributed by atoms with Crippen LogP contribution in [-0.4, -0.2) is 71.9 Å². The molecular weight excluding hydrogens is 821 g/mol. The van der Waals surface area contributed by atoms with Gasteiger partial charge in [0.2, 0.25) is 12.3 Å². The summed E-state index contributed by atoms with van der Waals surface area (Å²) in [4.78, 5) is 41.9. The number of urea groups is 1. The summed E-state index contributed by atoms with van der Waals surface area (Å²) >= 11 is 8.57. The number of amides is 4. The van der Waals surface area contributed by atoms with E-state index in [1.54, 1.807) is 19.2 Å². The topological polar surface area (TPSA) is 123 Å². The minimum atomic E-state index is -2.90. The van der Waals surface area contributed by atoms with Gasteiger partial charge in [0.15, 0.2) is 0 Å². The minimum absolute atomic E-state index is 0.00438. The van der Waals surface area contributed by atoms with E-state index in [0.717, 1.165) is 52.9 Å². The molecule has 0 aromatic heterocycles. The molecule has 0 radical (unpaired) electrons. The van der Waals surface area contributed by atoms with Gasteiger partial charge in [0.25, 0.3) is 5.92 Å². The van der Waals surface area contributed by atoms with Crippen molar-refractivity contribution in [1.82, 2.24) is 19.9 Å². The molecule has 1 aliphatic carbocycles. The lowest BCUT2D eigenvalue weighted by atomic mass is 9.87. The largest absolute Gasteiger partial charge is 0.351 e. The molecule has 1 heterocycles. The van der Waals surface area contributed by atoms with Crippen molar-refractivity contribution < 1.29 is 36.3 Å². The van der Waals surface area contributed by atoms with Crippen molar-refractivity contribution in [2.24, 2.45) is 10.8 Å². The molecule has 2 unspecified atom stereocenters. The first-order chi connectivity index (χ1) is 27.7. The van der Waals surface area contributed by atoms with Gasteiger partial charge >= 0.3 is 6.03 Å². The lowest BCUT2D eigenvalue weighted by molar-refractivity contribution is -0.131. The average Bonchev–Trinajstić information content (AvgIpc) is 3.58. The van der Waals surface area contributed by atoms with E-state index in [4.69, 9.17) is 17.3 Å². The Morgan fingerprint density at radius 2 is 1.76 bits per heavy atom. The van der Waals surface area contributed by atoms with Crippen LogP contribution >= 0.6 is 35.3 Å². The average molecular weight is 860 g/mol. The lowest BCUT2D eigenvalue weighted by Crippen LogP contribution is -2.53. The van der Waals surface area contributed by atoms with Gasteiger partial charge in [0.1, 0.15) is 33.4 Å². The standard InChI is InChI=1S/C40H39ClF5N7O3S2/c1-51(38(56)53-40(14-7-15-47,25-8-3-2-4-9-25)57-37(50-53)32-20-26(42)12-13-34(32)44)17-16-48-58-30-19-27(43)18-29(21-30)52(24-54)35(31-10-5-6-11-33(31)41)36(55)49-28-22-39(45,46)23-28/h2-6,8-13,18-21,24,28,35,48H,7,14-17,22-23,47H2,1H3,(H,49,55). The van der Waals surface area contributed by atoms with Crippen molar-refractivity contribution in [3.8, 4) is 0 Å². The number of halogens is 6. The van der Waals surface area contributed by atoms with Crippen LogP contribution in [0.4, 0.5) is 32.4 Å². The number of hydrogen-bond acceptors (Lipinski definition) is 8. The third-order valence-corrected chi connectivity index (χ3v) is 12.2. The van der Waals surface area contributed by atoms with E-state index in [0.29, 0.717) is 36.3 Å². The van der Waals surface area contributed by atoms with Crippen molar-refractivity contribution in [3.63, 3.8) is 0 Å². The lowest BCUT2D eigenvalue weighted by Gasteiger charge is -2.37. The summed E-state index contributed by atoms with van der Waals surface area (Å²) < 4.78 is 74.7. The molecule has 1 saturated carbocycles. The zero-order valence-corrected chi connectivity index (χ0v) is 33.4. The maximum Gasteiger partial charge on any atom is 0.341 e. The van der Waals surface area contributed by atoms with Gasteiger partial charge in [-0.1, -0.05) is 71.9 Å². The first-order valence-corrected chi connectivity index (χ1v) is 20.2. The third-order valence-electron chi connectivity index (χ3n) is 9.58. The van der Waals surface area contributed by atoms with Gasteiger partial charge < -0.3 is 16.0 Å². The Morgan fingerprint density at radius 1 is 1.03 bits per heavy atom. The van der Waals surface area contributed by atoms with E-state index in [1.165, 1.54) is 34.2 Å². The Morgan fingerprint density at radius 3 is 2.45 bits per heavy atom. The number of nitrogens with two attached hydrogens (primary N) is 1. The van der Waals surface area contributed by atoms with Crippen LogP contribution in [0.25, 0.3) is 0 Å². The van der Waals surface area contributed by atoms with E-state index >= 15 is 8.78 Å². The molecule has 2 aliphatic rings. The molecule has 0 saturated heterocycles. The molecule has 2 atom stereocenters. The quantitative estimate of drug-likeness (QED) is 0.0452. The number of likely N-dealkylation sites (N-methyl/N-ethyl adjacent to an activating group) is 1. The molecule has 58 heavy (non-hydrogen) atoms. The van der Waals surface area contributed by atoms with Crippen LogP contribution in [0.15, 0.2) is 101 Å². The maximum atomic E-state index is 15.1. The predicted molar refractivity (Wildman–Crippen MR) is 216 cm³/mol. The van der Waals surface area contributed by atoms with E-state index in [2.05, 4.69) is 15.1 Å². The zero-order chi connectivity index (χ0) is 41.6. The maximum absolute atomic E-state index is 15.1. The second-order valence-electron chi connectivity index (χ2n) is 13.7. The number of thioether (sulfide) groups is 1. The van der Waals surface area contributed by atoms with Crippen LogP contribution in [0.5, 0.6) is 0 Å². The highest BCUT2D eigenvalue weighted by Crippen LogP contribution is 2.51. The summed E-state index contributed by atoms with van der Waals surface area (Å²) in [5.74, 6) is -5.76. The molecule has 6 rings (SSSR count). The highest BCUT2D eigenvalue weighted by molar-refractivity contribution is 8.15. The molecule has 4 aromatic carbocycles. The van der Waals surface area contributed by atoms with Gasteiger partial charge in [-0.3, -0.25) is 19.2 Å². The van der Waals surface area contributed by atoms with Crippen molar-refractivity contribution in [2.75, 3.05) is 31.6 Å². The van der Waals surface area contributed by atoms with E-state index in [-0.39, 0.29) is 40.0 Å². The van der Waals surface area contributed by atoms with Crippen LogP contribution in [0.1, 0.15) is 48.4 Å². The number of anilines is 1. The molecular formula is C40H39ClF5N7O3S2. The van der Waals surface area contributed by atoms with Crippen LogP contribution in [0.2, 0.25) is 5.02 Å². The van der Waals surface area contributed by atoms with Crippen molar-refractivity contribution in [2.45, 2.75) is 53.5 Å². The van der Waals surface area contributed by atoms with Gasteiger partial charge in [-0.2, -0.15) is 10.1 Å². The minimum Gasteiger partial charge on any atom is -0.351 e. The molecule has 4 N–H and O–H groups in total. The molecule has 1 aliphatic heterocycles. The van der Waals surface area contributed by atoms with Gasteiger partial charge in [0, 0.05) is 65.8 Å². The number of rotatable bonds is 16. The number of hydrogen-bond donors (Lipinski definition) is 3. The van der Waals surface area contributed by atoms with Crippen LogP contribution in [0, 0.1) is 17.5 Å². The number of alkyl halides is 2. The Balaban J connectivity index is 1.18. The molecule has 10 nitrogen and oxygen atoms in total. The molecule has 1 fully saturated rings. The second-order valence-corrected chi connectivity index (χ2v) is 16.4. The molecule has 306 valence electrons. The summed E-state index contributed by atoms with van der Waals surface area (Å²) in [5.41, 5.74) is 6.74.